The van der Waals surface area contributed by atoms with Crippen LogP contribution in [0.4, 0.5) is 0 Å². The van der Waals surface area contributed by atoms with Crippen LogP contribution in [-0.2, 0) is 6.42 Å². The Hall–Kier alpha value is -1.13. The molecule has 0 saturated carbocycles. The Balaban J connectivity index is 1.95. The standard InChI is InChI=1S/C16H16BrClO3/c1-2-10-4-5-13(21-10)16(18)11-8-14-15(9-12(11)17)20-7-3-6-19-14/h4-5,8-9,16H,2-3,6-7H2,1H3. The van der Waals surface area contributed by atoms with Crippen LogP contribution in [0, 0.1) is 0 Å². The van der Waals surface area contributed by atoms with E-state index in [1.165, 1.54) is 0 Å². The molecule has 1 aromatic carbocycles. The van der Waals surface area contributed by atoms with Crippen molar-refractivity contribution in [2.24, 2.45) is 0 Å². The highest BCUT2D eigenvalue weighted by Crippen LogP contribution is 2.41. The van der Waals surface area contributed by atoms with Crippen LogP contribution < -0.4 is 9.47 Å². The van der Waals surface area contributed by atoms with Crippen LogP contribution in [0.15, 0.2) is 33.2 Å². The minimum Gasteiger partial charge on any atom is -0.490 e. The molecule has 1 aliphatic rings. The molecule has 0 aliphatic carbocycles. The number of benzene rings is 1. The number of rotatable bonds is 3. The van der Waals surface area contributed by atoms with E-state index in [0.717, 1.165) is 45.9 Å². The molecule has 0 spiro atoms. The van der Waals surface area contributed by atoms with E-state index in [1.807, 2.05) is 24.3 Å². The highest BCUT2D eigenvalue weighted by atomic mass is 79.9. The molecule has 2 heterocycles. The summed E-state index contributed by atoms with van der Waals surface area (Å²) in [6, 6.07) is 7.72. The van der Waals surface area contributed by atoms with Crippen molar-refractivity contribution in [3.63, 3.8) is 0 Å². The third-order valence-electron chi connectivity index (χ3n) is 3.42. The number of fused-ring (bicyclic) bond motifs is 1. The molecule has 0 radical (unpaired) electrons. The van der Waals surface area contributed by atoms with Crippen molar-refractivity contribution in [3.8, 4) is 11.5 Å². The minimum absolute atomic E-state index is 0.364. The fourth-order valence-corrected chi connectivity index (χ4v) is 3.25. The van der Waals surface area contributed by atoms with Gasteiger partial charge in [0.05, 0.1) is 13.2 Å². The predicted molar refractivity (Wildman–Crippen MR) is 85.5 cm³/mol. The van der Waals surface area contributed by atoms with Gasteiger partial charge in [0.15, 0.2) is 11.5 Å². The Morgan fingerprint density at radius 3 is 2.57 bits per heavy atom. The molecule has 1 aromatic heterocycles. The van der Waals surface area contributed by atoms with Gasteiger partial charge in [-0.3, -0.25) is 0 Å². The van der Waals surface area contributed by atoms with E-state index in [2.05, 4.69) is 22.9 Å². The summed E-state index contributed by atoms with van der Waals surface area (Å²) in [5.74, 6) is 3.16. The Labute approximate surface area is 137 Å². The number of aryl methyl sites for hydroxylation is 1. The monoisotopic (exact) mass is 370 g/mol. The SMILES string of the molecule is CCc1ccc(C(Cl)c2cc3c(cc2Br)OCCCO3)o1. The molecule has 5 heteroatoms. The van der Waals surface area contributed by atoms with Crippen LogP contribution in [0.3, 0.4) is 0 Å². The number of alkyl halides is 1. The first-order chi connectivity index (χ1) is 10.2. The van der Waals surface area contributed by atoms with Crippen LogP contribution >= 0.6 is 27.5 Å². The Morgan fingerprint density at radius 1 is 1.19 bits per heavy atom. The maximum Gasteiger partial charge on any atom is 0.162 e. The second kappa shape index (κ2) is 6.32. The van der Waals surface area contributed by atoms with E-state index in [4.69, 9.17) is 25.5 Å². The van der Waals surface area contributed by atoms with Gasteiger partial charge in [-0.15, -0.1) is 11.6 Å². The van der Waals surface area contributed by atoms with E-state index in [0.29, 0.717) is 13.2 Å². The van der Waals surface area contributed by atoms with Gasteiger partial charge in [-0.25, -0.2) is 0 Å². The Kier molecular flexibility index (Phi) is 4.45. The Bertz CT molecular complexity index is 638. The molecule has 0 N–H and O–H groups in total. The molecule has 1 unspecified atom stereocenters. The molecule has 2 aromatic rings. The van der Waals surface area contributed by atoms with Gasteiger partial charge < -0.3 is 13.9 Å². The van der Waals surface area contributed by atoms with Crippen molar-refractivity contribution in [1.82, 2.24) is 0 Å². The normalized spacial score (nSPS) is 15.6. The van der Waals surface area contributed by atoms with E-state index in [9.17, 15) is 0 Å². The molecule has 0 saturated heterocycles. The largest absolute Gasteiger partial charge is 0.490 e. The summed E-state index contributed by atoms with van der Waals surface area (Å²) in [5.41, 5.74) is 0.915. The molecule has 3 rings (SSSR count). The fourth-order valence-electron chi connectivity index (χ4n) is 2.27. The van der Waals surface area contributed by atoms with E-state index < -0.39 is 0 Å². The summed E-state index contributed by atoms with van der Waals surface area (Å²) in [7, 11) is 0. The number of hydrogen-bond acceptors (Lipinski definition) is 3. The highest BCUT2D eigenvalue weighted by molar-refractivity contribution is 9.10. The Morgan fingerprint density at radius 2 is 1.90 bits per heavy atom. The van der Waals surface area contributed by atoms with Crippen LogP contribution in [-0.4, -0.2) is 13.2 Å². The van der Waals surface area contributed by atoms with Crippen molar-refractivity contribution in [1.29, 1.82) is 0 Å². The van der Waals surface area contributed by atoms with Gasteiger partial charge in [-0.05, 0) is 29.8 Å². The fraction of sp³-hybridized carbons (Fsp3) is 0.375. The van der Waals surface area contributed by atoms with Gasteiger partial charge in [-0.2, -0.15) is 0 Å². The zero-order valence-corrected chi connectivity index (χ0v) is 14.0. The molecule has 0 amide bonds. The van der Waals surface area contributed by atoms with E-state index in [1.54, 1.807) is 0 Å². The minimum atomic E-state index is -0.364. The van der Waals surface area contributed by atoms with Gasteiger partial charge >= 0.3 is 0 Å². The van der Waals surface area contributed by atoms with Crippen LogP contribution in [0.25, 0.3) is 0 Å². The van der Waals surface area contributed by atoms with Crippen LogP contribution in [0.1, 0.15) is 35.8 Å². The second-order valence-corrected chi connectivity index (χ2v) is 6.18. The molecule has 1 aliphatic heterocycles. The molecular formula is C16H16BrClO3. The summed E-state index contributed by atoms with van der Waals surface area (Å²) in [4.78, 5) is 0. The van der Waals surface area contributed by atoms with Crippen molar-refractivity contribution < 1.29 is 13.9 Å². The van der Waals surface area contributed by atoms with Gasteiger partial charge in [0.2, 0.25) is 0 Å². The number of furan rings is 1. The predicted octanol–water partition coefficient (Wildman–Crippen LogP) is 5.09. The summed E-state index contributed by atoms with van der Waals surface area (Å²) in [5, 5.41) is -0.364. The molecule has 0 fully saturated rings. The van der Waals surface area contributed by atoms with Crippen molar-refractivity contribution in [2.75, 3.05) is 13.2 Å². The average Bonchev–Trinajstić information content (AvgIpc) is 2.86. The molecule has 112 valence electrons. The van der Waals surface area contributed by atoms with Crippen LogP contribution in [0.2, 0.25) is 0 Å². The quantitative estimate of drug-likeness (QED) is 0.704. The third-order valence-corrected chi connectivity index (χ3v) is 4.56. The van der Waals surface area contributed by atoms with Gasteiger partial charge in [0.1, 0.15) is 16.9 Å². The highest BCUT2D eigenvalue weighted by Gasteiger charge is 2.21. The summed E-state index contributed by atoms with van der Waals surface area (Å²) in [6.07, 6.45) is 1.73. The number of halogens is 2. The molecule has 3 nitrogen and oxygen atoms in total. The average molecular weight is 372 g/mol. The smallest absolute Gasteiger partial charge is 0.162 e. The lowest BCUT2D eigenvalue weighted by atomic mass is 10.1. The zero-order chi connectivity index (χ0) is 14.8. The first kappa shape index (κ1) is 14.8. The lowest BCUT2D eigenvalue weighted by Crippen LogP contribution is -1.98. The summed E-state index contributed by atoms with van der Waals surface area (Å²) < 4.78 is 18.0. The maximum absolute atomic E-state index is 6.57. The van der Waals surface area contributed by atoms with Gasteiger partial charge in [-0.1, -0.05) is 22.9 Å². The second-order valence-electron chi connectivity index (χ2n) is 4.89. The molecule has 21 heavy (non-hydrogen) atoms. The van der Waals surface area contributed by atoms with Crippen molar-refractivity contribution >= 4 is 27.5 Å². The first-order valence-corrected chi connectivity index (χ1v) is 8.23. The van der Waals surface area contributed by atoms with Crippen molar-refractivity contribution in [3.05, 3.63) is 45.8 Å². The third kappa shape index (κ3) is 3.06. The summed E-state index contributed by atoms with van der Waals surface area (Å²) in [6.45, 7) is 3.37. The van der Waals surface area contributed by atoms with E-state index >= 15 is 0 Å². The number of ether oxygens (including phenoxy) is 2. The van der Waals surface area contributed by atoms with Gasteiger partial charge in [0, 0.05) is 17.3 Å². The van der Waals surface area contributed by atoms with Gasteiger partial charge in [0.25, 0.3) is 0 Å². The lowest BCUT2D eigenvalue weighted by Gasteiger charge is -2.14. The maximum atomic E-state index is 6.57. The first-order valence-electron chi connectivity index (χ1n) is 7.00. The lowest BCUT2D eigenvalue weighted by molar-refractivity contribution is 0.297. The van der Waals surface area contributed by atoms with Crippen LogP contribution in [0.5, 0.6) is 11.5 Å². The topological polar surface area (TPSA) is 31.6 Å². The molecule has 1 atom stereocenters. The zero-order valence-electron chi connectivity index (χ0n) is 11.7. The van der Waals surface area contributed by atoms with Crippen molar-refractivity contribution in [2.45, 2.75) is 25.1 Å². The molecular weight excluding hydrogens is 356 g/mol. The number of hydrogen-bond donors (Lipinski definition) is 0. The molecule has 0 bridgehead atoms. The van der Waals surface area contributed by atoms with E-state index in [-0.39, 0.29) is 5.38 Å². The summed E-state index contributed by atoms with van der Waals surface area (Å²) >= 11 is 10.1.